The maximum atomic E-state index is 12.3. The molecule has 1 aromatic carbocycles. The quantitative estimate of drug-likeness (QED) is 0.579. The highest BCUT2D eigenvalue weighted by molar-refractivity contribution is 6.26. The summed E-state index contributed by atoms with van der Waals surface area (Å²) in [5.74, 6) is -4.25. The van der Waals surface area contributed by atoms with Gasteiger partial charge in [0.1, 0.15) is 5.75 Å². The van der Waals surface area contributed by atoms with Crippen LogP contribution in [-0.4, -0.2) is 36.5 Å². The van der Waals surface area contributed by atoms with E-state index in [0.717, 1.165) is 5.56 Å². The van der Waals surface area contributed by atoms with Crippen molar-refractivity contribution in [3.05, 3.63) is 29.3 Å². The first kappa shape index (κ1) is 17.3. The van der Waals surface area contributed by atoms with Gasteiger partial charge in [0.15, 0.2) is 17.5 Å². The van der Waals surface area contributed by atoms with Gasteiger partial charge in [0.25, 0.3) is 0 Å². The number of aryl methyl sites for hydroxylation is 1. The molecular weight excluding hydrogens is 316 g/mol. The summed E-state index contributed by atoms with van der Waals surface area (Å²) in [7, 11) is 1.43. The zero-order valence-corrected chi connectivity index (χ0v) is 13.2. The lowest BCUT2D eigenvalue weighted by molar-refractivity contribution is -0.142. The lowest BCUT2D eigenvalue weighted by Crippen LogP contribution is -2.57. The summed E-state index contributed by atoms with van der Waals surface area (Å²) < 4.78 is 5.12. The Morgan fingerprint density at radius 3 is 2.29 bits per heavy atom. The number of benzene rings is 1. The van der Waals surface area contributed by atoms with Crippen LogP contribution in [0.2, 0.25) is 0 Å². The van der Waals surface area contributed by atoms with Gasteiger partial charge in [-0.25, -0.2) is 4.79 Å². The largest absolute Gasteiger partial charge is 0.496 e. The minimum absolute atomic E-state index is 0.177. The van der Waals surface area contributed by atoms with Crippen molar-refractivity contribution in [1.82, 2.24) is 10.6 Å². The van der Waals surface area contributed by atoms with Gasteiger partial charge in [0, 0.05) is 12.8 Å². The minimum Gasteiger partial charge on any atom is -0.496 e. The van der Waals surface area contributed by atoms with Gasteiger partial charge in [-0.05, 0) is 19.1 Å². The SMILES string of the molecule is COc1ccc(C)cc1C(=O)CCC(=O)C1C(=O)NC(=O)NC1=O. The van der Waals surface area contributed by atoms with E-state index in [2.05, 4.69) is 0 Å². The highest BCUT2D eigenvalue weighted by Crippen LogP contribution is 2.22. The predicted molar refractivity (Wildman–Crippen MR) is 81.5 cm³/mol. The summed E-state index contributed by atoms with van der Waals surface area (Å²) in [6.45, 7) is 1.81. The lowest BCUT2D eigenvalue weighted by Gasteiger charge is -2.19. The Labute approximate surface area is 137 Å². The second-order valence-corrected chi connectivity index (χ2v) is 5.33. The van der Waals surface area contributed by atoms with Crippen LogP contribution in [0, 0.1) is 12.8 Å². The van der Waals surface area contributed by atoms with Gasteiger partial charge in [0.05, 0.1) is 12.7 Å². The van der Waals surface area contributed by atoms with Crippen molar-refractivity contribution < 1.29 is 28.7 Å². The number of hydrogen-bond donors (Lipinski definition) is 2. The molecule has 1 aliphatic heterocycles. The van der Waals surface area contributed by atoms with Crippen LogP contribution in [-0.2, 0) is 14.4 Å². The van der Waals surface area contributed by atoms with E-state index in [1.807, 2.05) is 17.6 Å². The zero-order chi connectivity index (χ0) is 17.9. The number of hydrogen-bond acceptors (Lipinski definition) is 6. The van der Waals surface area contributed by atoms with E-state index in [1.165, 1.54) is 7.11 Å². The number of methoxy groups -OCH3 is 1. The first-order valence-corrected chi connectivity index (χ1v) is 7.19. The van der Waals surface area contributed by atoms with Gasteiger partial charge in [-0.1, -0.05) is 11.6 Å². The van der Waals surface area contributed by atoms with Crippen LogP contribution in [0.3, 0.4) is 0 Å². The second-order valence-electron chi connectivity index (χ2n) is 5.33. The van der Waals surface area contributed by atoms with E-state index in [-0.39, 0.29) is 18.6 Å². The summed E-state index contributed by atoms with van der Waals surface area (Å²) >= 11 is 0. The predicted octanol–water partition coefficient (Wildman–Crippen LogP) is 0.518. The molecule has 1 heterocycles. The molecule has 1 saturated heterocycles. The van der Waals surface area contributed by atoms with Gasteiger partial charge in [0.2, 0.25) is 11.8 Å². The number of carbonyl (C=O) groups excluding carboxylic acids is 5. The monoisotopic (exact) mass is 332 g/mol. The number of urea groups is 1. The summed E-state index contributed by atoms with van der Waals surface area (Å²) in [5, 5.41) is 3.70. The number of Topliss-reactive ketones (excluding diaryl/α,β-unsaturated/α-hetero) is 2. The summed E-state index contributed by atoms with van der Waals surface area (Å²) in [5.41, 5.74) is 1.19. The maximum Gasteiger partial charge on any atom is 0.328 e. The third-order valence-corrected chi connectivity index (χ3v) is 3.57. The summed E-state index contributed by atoms with van der Waals surface area (Å²) in [6, 6.07) is 4.12. The molecule has 1 aliphatic rings. The molecule has 24 heavy (non-hydrogen) atoms. The van der Waals surface area contributed by atoms with Gasteiger partial charge < -0.3 is 4.74 Å². The molecule has 1 fully saturated rings. The molecule has 2 N–H and O–H groups in total. The number of barbiturate groups is 1. The molecule has 0 spiro atoms. The molecule has 0 unspecified atom stereocenters. The van der Waals surface area contributed by atoms with E-state index < -0.39 is 29.5 Å². The van der Waals surface area contributed by atoms with Crippen LogP contribution in [0.5, 0.6) is 5.75 Å². The Morgan fingerprint density at radius 1 is 1.08 bits per heavy atom. The molecule has 8 heteroatoms. The molecule has 8 nitrogen and oxygen atoms in total. The highest BCUT2D eigenvalue weighted by atomic mass is 16.5. The fourth-order valence-electron chi connectivity index (χ4n) is 2.37. The van der Waals surface area contributed by atoms with Gasteiger partial charge in [-0.3, -0.25) is 29.8 Å². The Balaban J connectivity index is 2.05. The Morgan fingerprint density at radius 2 is 1.71 bits per heavy atom. The molecule has 2 rings (SSSR count). The van der Waals surface area contributed by atoms with Gasteiger partial charge in [-0.15, -0.1) is 0 Å². The van der Waals surface area contributed by atoms with Crippen molar-refractivity contribution in [3.8, 4) is 5.75 Å². The number of nitrogens with one attached hydrogen (secondary N) is 2. The molecule has 0 atom stereocenters. The van der Waals surface area contributed by atoms with E-state index in [1.54, 1.807) is 18.2 Å². The number of carbonyl (C=O) groups is 5. The zero-order valence-electron chi connectivity index (χ0n) is 13.2. The van der Waals surface area contributed by atoms with Gasteiger partial charge >= 0.3 is 6.03 Å². The van der Waals surface area contributed by atoms with Crippen LogP contribution in [0.1, 0.15) is 28.8 Å². The Bertz CT molecular complexity index is 720. The van der Waals surface area contributed by atoms with Crippen molar-refractivity contribution in [3.63, 3.8) is 0 Å². The Kier molecular flexibility index (Phi) is 5.08. The molecule has 1 aromatic rings. The van der Waals surface area contributed by atoms with E-state index in [4.69, 9.17) is 4.74 Å². The fourth-order valence-corrected chi connectivity index (χ4v) is 2.37. The van der Waals surface area contributed by atoms with Crippen LogP contribution in [0.15, 0.2) is 18.2 Å². The Hall–Kier alpha value is -3.03. The normalized spacial score (nSPS) is 14.8. The van der Waals surface area contributed by atoms with Crippen LogP contribution >= 0.6 is 0 Å². The topological polar surface area (TPSA) is 119 Å². The molecule has 0 bridgehead atoms. The third kappa shape index (κ3) is 3.65. The van der Waals surface area contributed by atoms with Crippen LogP contribution in [0.4, 0.5) is 4.79 Å². The minimum atomic E-state index is -1.62. The number of ether oxygens (including phenoxy) is 1. The van der Waals surface area contributed by atoms with Crippen molar-refractivity contribution in [1.29, 1.82) is 0 Å². The average Bonchev–Trinajstić information content (AvgIpc) is 2.51. The van der Waals surface area contributed by atoms with E-state index in [9.17, 15) is 24.0 Å². The molecule has 4 amide bonds. The number of amides is 4. The van der Waals surface area contributed by atoms with Crippen molar-refractivity contribution >= 4 is 29.4 Å². The fraction of sp³-hybridized carbons (Fsp3) is 0.312. The standard InChI is InChI=1S/C16H16N2O6/c1-8-3-6-12(24-2)9(7-8)10(19)4-5-11(20)13-14(21)17-16(23)18-15(13)22/h3,6-7,13H,4-5H2,1-2H3,(H2,17,18,21,22,23). The second kappa shape index (κ2) is 7.03. The first-order chi connectivity index (χ1) is 11.3. The number of rotatable bonds is 6. The van der Waals surface area contributed by atoms with Crippen LogP contribution < -0.4 is 15.4 Å². The lowest BCUT2D eigenvalue weighted by atomic mass is 9.94. The highest BCUT2D eigenvalue weighted by Gasteiger charge is 2.39. The van der Waals surface area contributed by atoms with Crippen LogP contribution in [0.25, 0.3) is 0 Å². The third-order valence-electron chi connectivity index (χ3n) is 3.57. The van der Waals surface area contributed by atoms with E-state index >= 15 is 0 Å². The molecule has 0 radical (unpaired) electrons. The average molecular weight is 332 g/mol. The van der Waals surface area contributed by atoms with Crippen molar-refractivity contribution in [2.75, 3.05) is 7.11 Å². The molecular formula is C16H16N2O6. The summed E-state index contributed by atoms with van der Waals surface area (Å²) in [4.78, 5) is 58.5. The number of imide groups is 2. The molecule has 0 aliphatic carbocycles. The van der Waals surface area contributed by atoms with Crippen molar-refractivity contribution in [2.24, 2.45) is 5.92 Å². The molecule has 0 aromatic heterocycles. The van der Waals surface area contributed by atoms with E-state index in [0.29, 0.717) is 11.3 Å². The summed E-state index contributed by atoms with van der Waals surface area (Å²) in [6.07, 6.45) is -0.473. The smallest absolute Gasteiger partial charge is 0.328 e. The molecule has 126 valence electrons. The van der Waals surface area contributed by atoms with Crippen molar-refractivity contribution in [2.45, 2.75) is 19.8 Å². The molecule has 0 saturated carbocycles. The maximum absolute atomic E-state index is 12.3. The number of ketones is 2. The van der Waals surface area contributed by atoms with Gasteiger partial charge in [-0.2, -0.15) is 0 Å². The first-order valence-electron chi connectivity index (χ1n) is 7.19.